The first-order valence-corrected chi connectivity index (χ1v) is 13.7. The number of methoxy groups -OCH3 is 1. The van der Waals surface area contributed by atoms with Crippen LogP contribution < -0.4 is 15.0 Å². The summed E-state index contributed by atoms with van der Waals surface area (Å²) in [7, 11) is 1.39. The van der Waals surface area contributed by atoms with Gasteiger partial charge in [0, 0.05) is 29.5 Å². The number of carbonyl (C=O) groups excluding carboxylic acids is 1. The topological polar surface area (TPSA) is 68.6 Å². The molecule has 7 nitrogen and oxygen atoms in total. The highest BCUT2D eigenvalue weighted by atomic mass is 32.1. The van der Waals surface area contributed by atoms with Crippen molar-refractivity contribution in [1.29, 1.82) is 0 Å². The fourth-order valence-electron chi connectivity index (χ4n) is 5.59. The quantitative estimate of drug-likeness (QED) is 0.223. The van der Waals surface area contributed by atoms with Crippen molar-refractivity contribution in [3.63, 3.8) is 0 Å². The number of pyridine rings is 1. The second kappa shape index (κ2) is 10.9. The van der Waals surface area contributed by atoms with Crippen molar-refractivity contribution in [2.75, 3.05) is 12.0 Å². The smallest absolute Gasteiger partial charge is 0.337 e. The molecule has 39 heavy (non-hydrogen) atoms. The normalized spacial score (nSPS) is 19.2. The Morgan fingerprint density at radius 1 is 0.974 bits per heavy atom. The molecule has 3 heterocycles. The number of ether oxygens (including phenoxy) is 2. The third kappa shape index (κ3) is 5.00. The van der Waals surface area contributed by atoms with Gasteiger partial charge < -0.3 is 24.3 Å². The van der Waals surface area contributed by atoms with E-state index in [4.69, 9.17) is 21.7 Å². The zero-order chi connectivity index (χ0) is 26.8. The van der Waals surface area contributed by atoms with Crippen LogP contribution in [0.15, 0.2) is 91.3 Å². The Labute approximate surface area is 233 Å². The van der Waals surface area contributed by atoms with Crippen LogP contribution in [0, 0.1) is 0 Å². The first kappa shape index (κ1) is 25.1. The number of carbonyl (C=O) groups is 1. The number of rotatable bonds is 7. The van der Waals surface area contributed by atoms with E-state index < -0.39 is 0 Å². The molecule has 1 N–H and O–H groups in total. The summed E-state index contributed by atoms with van der Waals surface area (Å²) in [6, 6.07) is 25.2. The van der Waals surface area contributed by atoms with Crippen molar-refractivity contribution >= 4 is 29.0 Å². The lowest BCUT2D eigenvalue weighted by Crippen LogP contribution is -2.30. The monoisotopic (exact) mass is 538 g/mol. The highest BCUT2D eigenvalue weighted by Crippen LogP contribution is 2.42. The molecule has 2 aromatic carbocycles. The van der Waals surface area contributed by atoms with E-state index in [0.717, 1.165) is 41.4 Å². The number of hydrogen-bond acceptors (Lipinski definition) is 5. The summed E-state index contributed by atoms with van der Waals surface area (Å²) in [6.45, 7) is 0. The first-order valence-electron chi connectivity index (χ1n) is 13.3. The molecule has 1 aliphatic carbocycles. The maximum Gasteiger partial charge on any atom is 0.337 e. The van der Waals surface area contributed by atoms with Crippen molar-refractivity contribution in [1.82, 2.24) is 14.9 Å². The molecule has 0 radical (unpaired) electrons. The van der Waals surface area contributed by atoms with Gasteiger partial charge in [0.2, 0.25) is 0 Å². The summed E-state index contributed by atoms with van der Waals surface area (Å²) < 4.78 is 13.2. The third-order valence-corrected chi connectivity index (χ3v) is 7.76. The van der Waals surface area contributed by atoms with Gasteiger partial charge in [-0.25, -0.2) is 4.79 Å². The predicted octanol–water partition coefficient (Wildman–Crippen LogP) is 6.16. The Morgan fingerprint density at radius 2 is 1.79 bits per heavy atom. The summed E-state index contributed by atoms with van der Waals surface area (Å²) in [5, 5.41) is 4.15. The predicted molar refractivity (Wildman–Crippen MR) is 154 cm³/mol. The number of hydrogen-bond donors (Lipinski definition) is 1. The van der Waals surface area contributed by atoms with E-state index >= 15 is 0 Å². The lowest BCUT2D eigenvalue weighted by molar-refractivity contribution is 0.0600. The molecule has 2 aromatic heterocycles. The summed E-state index contributed by atoms with van der Waals surface area (Å²) in [4.78, 5) is 19.1. The number of nitrogens with one attached hydrogen (secondary N) is 1. The molecule has 0 amide bonds. The molecular weight excluding hydrogens is 508 g/mol. The van der Waals surface area contributed by atoms with Gasteiger partial charge >= 0.3 is 5.97 Å². The van der Waals surface area contributed by atoms with Gasteiger partial charge in [-0.05, 0) is 105 Å². The van der Waals surface area contributed by atoms with Crippen LogP contribution in [0.3, 0.4) is 0 Å². The molecule has 8 heteroatoms. The van der Waals surface area contributed by atoms with Crippen molar-refractivity contribution < 1.29 is 14.3 Å². The van der Waals surface area contributed by atoms with E-state index in [1.54, 1.807) is 12.3 Å². The van der Waals surface area contributed by atoms with Crippen molar-refractivity contribution in [2.45, 2.75) is 43.9 Å². The van der Waals surface area contributed by atoms with Gasteiger partial charge in [0.1, 0.15) is 11.8 Å². The van der Waals surface area contributed by atoms with Gasteiger partial charge in [-0.3, -0.25) is 4.98 Å². The zero-order valence-electron chi connectivity index (χ0n) is 21.7. The van der Waals surface area contributed by atoms with E-state index in [-0.39, 0.29) is 18.1 Å². The average molecular weight is 539 g/mol. The summed E-state index contributed by atoms with van der Waals surface area (Å²) in [5.41, 5.74) is 4.21. The summed E-state index contributed by atoms with van der Waals surface area (Å²) >= 11 is 5.92. The highest BCUT2D eigenvalue weighted by Gasteiger charge is 2.42. The first-order chi connectivity index (χ1) is 19.1. The Kier molecular flexibility index (Phi) is 7.02. The fraction of sp³-hybridized carbons (Fsp3) is 0.258. The summed E-state index contributed by atoms with van der Waals surface area (Å²) in [6.07, 6.45) is 8.79. The van der Waals surface area contributed by atoms with Gasteiger partial charge in [0.05, 0.1) is 30.5 Å². The minimum absolute atomic E-state index is 0.189. The molecule has 198 valence electrons. The van der Waals surface area contributed by atoms with Gasteiger partial charge in [-0.2, -0.15) is 0 Å². The Hall–Kier alpha value is -4.17. The van der Waals surface area contributed by atoms with Crippen molar-refractivity contribution in [3.05, 3.63) is 108 Å². The molecule has 4 aromatic rings. The molecule has 0 bridgehead atoms. The van der Waals surface area contributed by atoms with Gasteiger partial charge in [0.15, 0.2) is 5.11 Å². The van der Waals surface area contributed by atoms with Gasteiger partial charge in [0.25, 0.3) is 0 Å². The van der Waals surface area contributed by atoms with Crippen molar-refractivity contribution in [3.8, 4) is 11.4 Å². The van der Waals surface area contributed by atoms with Crippen LogP contribution in [-0.4, -0.2) is 33.8 Å². The largest absolute Gasteiger partial charge is 0.490 e. The maximum absolute atomic E-state index is 12.2. The molecule has 0 spiro atoms. The molecule has 0 unspecified atom stereocenters. The van der Waals surface area contributed by atoms with E-state index in [2.05, 4.69) is 38.0 Å². The van der Waals surface area contributed by atoms with Crippen LogP contribution in [0.2, 0.25) is 0 Å². The van der Waals surface area contributed by atoms with Crippen LogP contribution in [-0.2, 0) is 4.74 Å². The van der Waals surface area contributed by atoms with Crippen LogP contribution in [0.4, 0.5) is 5.69 Å². The number of nitrogens with zero attached hydrogens (tertiary/aromatic N) is 3. The second-order valence-electron chi connectivity index (χ2n) is 9.86. The third-order valence-electron chi connectivity index (χ3n) is 7.45. The molecule has 1 aliphatic heterocycles. The molecule has 2 aliphatic rings. The number of anilines is 1. The van der Waals surface area contributed by atoms with Crippen LogP contribution >= 0.6 is 12.2 Å². The average Bonchev–Trinajstić information content (AvgIpc) is 3.74. The lowest BCUT2D eigenvalue weighted by atomic mass is 10.0. The van der Waals surface area contributed by atoms with E-state index in [0.29, 0.717) is 16.8 Å². The number of thiocarbonyl (C=S) groups is 1. The standard InChI is InChI=1S/C31H30N4O3S/c1-37-30(36)21-8-6-9-23(20-21)34-19-7-13-27(34)29-28(26-12-4-5-18-32-26)33-31(39)35(29)22-14-16-25(17-15-22)38-24-10-2-3-11-24/h4-9,12-20,24,28-29H,2-3,10-11H2,1H3,(H,33,39)/t28-,29+/m1/s1. The number of esters is 1. The van der Waals surface area contributed by atoms with E-state index in [9.17, 15) is 4.79 Å². The molecular formula is C31H30N4O3S. The second-order valence-corrected chi connectivity index (χ2v) is 10.2. The molecule has 2 fully saturated rings. The van der Waals surface area contributed by atoms with E-state index in [1.807, 2.05) is 60.8 Å². The Balaban J connectivity index is 1.40. The maximum atomic E-state index is 12.2. The Morgan fingerprint density at radius 3 is 2.54 bits per heavy atom. The molecule has 6 rings (SSSR count). The van der Waals surface area contributed by atoms with Crippen molar-refractivity contribution in [2.24, 2.45) is 0 Å². The van der Waals surface area contributed by atoms with Crippen LogP contribution in [0.1, 0.15) is 59.5 Å². The van der Waals surface area contributed by atoms with Crippen LogP contribution in [0.25, 0.3) is 5.69 Å². The van der Waals surface area contributed by atoms with Crippen LogP contribution in [0.5, 0.6) is 5.75 Å². The lowest BCUT2D eigenvalue weighted by Gasteiger charge is -2.29. The zero-order valence-corrected chi connectivity index (χ0v) is 22.5. The Bertz CT molecular complexity index is 1460. The number of benzene rings is 2. The highest BCUT2D eigenvalue weighted by molar-refractivity contribution is 7.80. The SMILES string of the molecule is COC(=O)c1cccc(-n2cccc2[C@H]2[C@@H](c3ccccn3)NC(=S)N2c2ccc(OC3CCCC3)cc2)c1. The van der Waals surface area contributed by atoms with Gasteiger partial charge in [-0.15, -0.1) is 0 Å². The molecule has 1 saturated heterocycles. The molecule has 1 saturated carbocycles. The minimum atomic E-state index is -0.373. The van der Waals surface area contributed by atoms with E-state index in [1.165, 1.54) is 20.0 Å². The van der Waals surface area contributed by atoms with Gasteiger partial charge in [-0.1, -0.05) is 12.1 Å². The fourth-order valence-corrected chi connectivity index (χ4v) is 5.93. The minimum Gasteiger partial charge on any atom is -0.490 e. The summed E-state index contributed by atoms with van der Waals surface area (Å²) in [5.74, 6) is 0.506. The number of aromatic nitrogens is 2. The molecule has 2 atom stereocenters.